The van der Waals surface area contributed by atoms with Crippen LogP contribution in [0.15, 0.2) is 73.1 Å². The summed E-state index contributed by atoms with van der Waals surface area (Å²) in [5.41, 5.74) is 3.67. The van der Waals surface area contributed by atoms with Crippen molar-refractivity contribution < 1.29 is 20.4 Å². The van der Waals surface area contributed by atoms with E-state index in [9.17, 15) is 20.4 Å². The van der Waals surface area contributed by atoms with Gasteiger partial charge in [0.15, 0.2) is 0 Å². The van der Waals surface area contributed by atoms with Crippen LogP contribution >= 0.6 is 0 Å². The molecule has 0 saturated carbocycles. The zero-order valence-electron chi connectivity index (χ0n) is 16.6. The lowest BCUT2D eigenvalue weighted by Gasteiger charge is -2.00. The number of nitrogens with zero attached hydrogens (tertiary/aromatic N) is 2. The molecule has 6 nitrogen and oxygen atoms in total. The molecule has 0 atom stereocenters. The molecule has 0 unspecified atom stereocenters. The normalized spacial score (nSPS) is 9.88. The Bertz CT molecular complexity index is 1250. The van der Waals surface area contributed by atoms with Crippen LogP contribution in [-0.2, 0) is 0 Å². The summed E-state index contributed by atoms with van der Waals surface area (Å²) in [6.45, 7) is 0. The van der Waals surface area contributed by atoms with Gasteiger partial charge in [0, 0.05) is 46.8 Å². The lowest BCUT2D eigenvalue weighted by molar-refractivity contribution is 0.449. The minimum absolute atomic E-state index is 0.0537. The van der Waals surface area contributed by atoms with E-state index < -0.39 is 0 Å². The number of phenols is 4. The summed E-state index contributed by atoms with van der Waals surface area (Å²) < 4.78 is 0. The van der Waals surface area contributed by atoms with Gasteiger partial charge >= 0.3 is 0 Å². The van der Waals surface area contributed by atoms with Gasteiger partial charge < -0.3 is 20.4 Å². The van der Waals surface area contributed by atoms with Gasteiger partial charge in [-0.05, 0) is 48.5 Å². The van der Waals surface area contributed by atoms with Gasteiger partial charge in [-0.3, -0.25) is 9.97 Å². The Balaban J connectivity index is 1.48. The molecule has 2 aromatic heterocycles. The van der Waals surface area contributed by atoms with Crippen LogP contribution in [0, 0.1) is 23.7 Å². The molecule has 4 N–H and O–H groups in total. The minimum Gasteiger partial charge on any atom is -0.508 e. The van der Waals surface area contributed by atoms with E-state index in [1.807, 2.05) is 12.1 Å². The van der Waals surface area contributed by atoms with E-state index >= 15 is 0 Å². The van der Waals surface area contributed by atoms with Gasteiger partial charge in [-0.2, -0.15) is 0 Å². The summed E-state index contributed by atoms with van der Waals surface area (Å²) >= 11 is 0. The minimum atomic E-state index is -0.0537. The van der Waals surface area contributed by atoms with Gasteiger partial charge in [0.25, 0.3) is 0 Å². The molecule has 0 aliphatic carbocycles. The smallest absolute Gasteiger partial charge is 0.120 e. The van der Waals surface area contributed by atoms with Crippen molar-refractivity contribution in [2.24, 2.45) is 0 Å². The third-order valence-electron chi connectivity index (χ3n) is 4.30. The monoisotopic (exact) mass is 420 g/mol. The zero-order valence-corrected chi connectivity index (χ0v) is 16.6. The largest absolute Gasteiger partial charge is 0.508 e. The molecule has 0 spiro atoms. The fraction of sp³-hybridized carbons (Fsp3) is 0. The highest BCUT2D eigenvalue weighted by molar-refractivity contribution is 5.57. The average molecular weight is 420 g/mol. The van der Waals surface area contributed by atoms with Crippen LogP contribution in [0.1, 0.15) is 22.3 Å². The van der Waals surface area contributed by atoms with E-state index in [0.29, 0.717) is 33.6 Å². The van der Waals surface area contributed by atoms with Gasteiger partial charge in [-0.1, -0.05) is 23.7 Å². The Morgan fingerprint density at radius 3 is 1.09 bits per heavy atom. The second-order valence-corrected chi connectivity index (χ2v) is 6.84. The number of aromatic nitrogens is 2. The van der Waals surface area contributed by atoms with E-state index in [1.54, 1.807) is 24.5 Å². The van der Waals surface area contributed by atoms with Crippen LogP contribution in [0.3, 0.4) is 0 Å². The van der Waals surface area contributed by atoms with Crippen molar-refractivity contribution in [3.8, 4) is 58.1 Å². The van der Waals surface area contributed by atoms with Crippen molar-refractivity contribution in [2.45, 2.75) is 0 Å². The van der Waals surface area contributed by atoms with E-state index in [1.165, 1.54) is 36.4 Å². The Hall–Kier alpha value is -4.94. The maximum Gasteiger partial charge on any atom is 0.120 e. The van der Waals surface area contributed by atoms with Crippen LogP contribution in [0.25, 0.3) is 11.4 Å². The van der Waals surface area contributed by atoms with Crippen molar-refractivity contribution >= 4 is 0 Å². The summed E-state index contributed by atoms with van der Waals surface area (Å²) in [5.74, 6) is 11.4. The molecule has 0 fully saturated rings. The molecule has 2 heterocycles. The maximum atomic E-state index is 9.51. The summed E-state index contributed by atoms with van der Waals surface area (Å²) in [4.78, 5) is 8.77. The van der Waals surface area contributed by atoms with Crippen molar-refractivity contribution in [3.63, 3.8) is 0 Å². The second kappa shape index (κ2) is 8.83. The number of aromatic hydroxyl groups is 4. The third-order valence-corrected chi connectivity index (χ3v) is 4.30. The number of rotatable bonds is 1. The van der Waals surface area contributed by atoms with Gasteiger partial charge in [-0.25, -0.2) is 0 Å². The first-order valence-electron chi connectivity index (χ1n) is 9.47. The summed E-state index contributed by atoms with van der Waals surface area (Å²) in [7, 11) is 0. The molecule has 154 valence electrons. The highest BCUT2D eigenvalue weighted by atomic mass is 16.3. The summed E-state index contributed by atoms with van der Waals surface area (Å²) in [5, 5.41) is 38.0. The Kier molecular flexibility index (Phi) is 5.61. The van der Waals surface area contributed by atoms with Gasteiger partial charge in [0.05, 0.1) is 11.4 Å². The predicted octanol–water partition coefficient (Wildman–Crippen LogP) is 3.77. The first-order valence-corrected chi connectivity index (χ1v) is 9.47. The van der Waals surface area contributed by atoms with Gasteiger partial charge in [-0.15, -0.1) is 0 Å². The van der Waals surface area contributed by atoms with E-state index in [0.717, 1.165) is 0 Å². The molecule has 4 rings (SSSR count). The lowest BCUT2D eigenvalue weighted by Crippen LogP contribution is -1.89. The molecular formula is C26H16N2O4. The van der Waals surface area contributed by atoms with Crippen LogP contribution in [0.5, 0.6) is 23.0 Å². The Morgan fingerprint density at radius 2 is 0.781 bits per heavy atom. The van der Waals surface area contributed by atoms with Gasteiger partial charge in [0.1, 0.15) is 23.0 Å². The molecule has 0 aliphatic rings. The van der Waals surface area contributed by atoms with Crippen molar-refractivity contribution in [1.82, 2.24) is 9.97 Å². The number of phenolic OH excluding ortho intramolecular Hbond substituents is 4. The second-order valence-electron chi connectivity index (χ2n) is 6.84. The van der Waals surface area contributed by atoms with Crippen molar-refractivity contribution in [2.75, 3.05) is 0 Å². The van der Waals surface area contributed by atoms with Crippen LogP contribution in [-0.4, -0.2) is 30.4 Å². The highest BCUT2D eigenvalue weighted by Gasteiger charge is 2.02. The fourth-order valence-corrected chi connectivity index (χ4v) is 2.86. The van der Waals surface area contributed by atoms with E-state index in [2.05, 4.69) is 33.6 Å². The number of benzene rings is 2. The topological polar surface area (TPSA) is 107 Å². The molecular weight excluding hydrogens is 404 g/mol. The molecule has 6 heteroatoms. The molecule has 2 aromatic carbocycles. The van der Waals surface area contributed by atoms with Gasteiger partial charge in [0.2, 0.25) is 0 Å². The third kappa shape index (κ3) is 5.15. The Labute approximate surface area is 184 Å². The standard InChI is InChI=1S/C26H16N2O4/c29-21-9-19(10-22(30)13-21)3-1-17-5-7-25(27-15-17)26-8-6-18(16-28-26)2-4-20-11-23(31)14-24(32)12-20/h5-16,29-32H. The van der Waals surface area contributed by atoms with Crippen LogP contribution in [0.2, 0.25) is 0 Å². The van der Waals surface area contributed by atoms with Crippen LogP contribution < -0.4 is 0 Å². The summed E-state index contributed by atoms with van der Waals surface area (Å²) in [6.07, 6.45) is 3.24. The first kappa shape index (κ1) is 20.3. The maximum absolute atomic E-state index is 9.51. The molecule has 0 saturated heterocycles. The quantitative estimate of drug-likeness (QED) is 0.349. The first-order chi connectivity index (χ1) is 15.4. The number of pyridine rings is 2. The molecule has 0 bridgehead atoms. The van der Waals surface area contributed by atoms with Crippen LogP contribution in [0.4, 0.5) is 0 Å². The van der Waals surface area contributed by atoms with Crippen molar-refractivity contribution in [3.05, 3.63) is 95.3 Å². The Morgan fingerprint density at radius 1 is 0.438 bits per heavy atom. The van der Waals surface area contributed by atoms with E-state index in [-0.39, 0.29) is 23.0 Å². The molecule has 0 amide bonds. The van der Waals surface area contributed by atoms with Crippen molar-refractivity contribution in [1.29, 1.82) is 0 Å². The number of hydrogen-bond donors (Lipinski definition) is 4. The predicted molar refractivity (Wildman–Crippen MR) is 119 cm³/mol. The lowest BCUT2D eigenvalue weighted by atomic mass is 10.1. The fourth-order valence-electron chi connectivity index (χ4n) is 2.86. The summed E-state index contributed by atoms with van der Waals surface area (Å²) in [6, 6.07) is 15.5. The SMILES string of the molecule is Oc1cc(O)cc(C#Cc2ccc(-c3ccc(C#Cc4cc(O)cc(O)c4)cn3)nc2)c1. The molecule has 4 aromatic rings. The zero-order chi connectivity index (χ0) is 22.5. The molecule has 32 heavy (non-hydrogen) atoms. The average Bonchev–Trinajstić information content (AvgIpc) is 2.76. The molecule has 0 aliphatic heterocycles. The number of hydrogen-bond acceptors (Lipinski definition) is 6. The molecule has 0 radical (unpaired) electrons. The van der Waals surface area contributed by atoms with E-state index in [4.69, 9.17) is 0 Å². The highest BCUT2D eigenvalue weighted by Crippen LogP contribution is 2.21.